The van der Waals surface area contributed by atoms with Gasteiger partial charge in [0.25, 0.3) is 0 Å². The van der Waals surface area contributed by atoms with Crippen molar-refractivity contribution in [3.8, 4) is 11.3 Å². The highest BCUT2D eigenvalue weighted by Gasteiger charge is 2.15. The van der Waals surface area contributed by atoms with E-state index in [0.29, 0.717) is 0 Å². The summed E-state index contributed by atoms with van der Waals surface area (Å²) in [4.78, 5) is 9.91. The molecule has 0 aliphatic carbocycles. The Hall–Kier alpha value is -0.750. The third kappa shape index (κ3) is 4.16. The van der Waals surface area contributed by atoms with Crippen molar-refractivity contribution in [2.45, 2.75) is 19.9 Å². The number of nitrogens with zero attached hydrogens (tertiary/aromatic N) is 3. The van der Waals surface area contributed by atoms with Gasteiger partial charge in [0.2, 0.25) is 0 Å². The largest absolute Gasteiger partial charge is 0.302 e. The summed E-state index contributed by atoms with van der Waals surface area (Å²) in [5.74, 6) is 0. The zero-order chi connectivity index (χ0) is 15.4. The molecule has 0 unspecified atom stereocenters. The summed E-state index contributed by atoms with van der Waals surface area (Å²) in [6.45, 7) is 9.14. The van der Waals surface area contributed by atoms with E-state index in [4.69, 9.17) is 4.98 Å². The lowest BCUT2D eigenvalue weighted by molar-refractivity contribution is 0.257. The lowest BCUT2D eigenvalue weighted by Crippen LogP contribution is -2.30. The van der Waals surface area contributed by atoms with Crippen LogP contribution in [0.3, 0.4) is 0 Å². The Bertz CT molecular complexity index is 613. The number of hydrogen-bond donors (Lipinski definition) is 0. The molecule has 5 heteroatoms. The molecule has 0 amide bonds. The number of benzene rings is 1. The van der Waals surface area contributed by atoms with Gasteiger partial charge in [-0.2, -0.15) is 0 Å². The van der Waals surface area contributed by atoms with Crippen molar-refractivity contribution in [1.29, 1.82) is 0 Å². The summed E-state index contributed by atoms with van der Waals surface area (Å²) < 4.78 is 1.10. The molecule has 0 atom stereocenters. The number of aromatic nitrogens is 1. The van der Waals surface area contributed by atoms with Crippen molar-refractivity contribution in [3.63, 3.8) is 0 Å². The normalized spacial score (nSPS) is 17.5. The summed E-state index contributed by atoms with van der Waals surface area (Å²) >= 11 is 5.31. The Labute approximate surface area is 145 Å². The van der Waals surface area contributed by atoms with E-state index >= 15 is 0 Å². The number of halogens is 1. The highest BCUT2D eigenvalue weighted by atomic mass is 79.9. The van der Waals surface area contributed by atoms with Crippen LogP contribution in [0.4, 0.5) is 0 Å². The zero-order valence-corrected chi connectivity index (χ0v) is 15.4. The first-order valence-electron chi connectivity index (χ1n) is 7.89. The molecule has 1 fully saturated rings. The Morgan fingerprint density at radius 3 is 2.82 bits per heavy atom. The van der Waals surface area contributed by atoms with Crippen LogP contribution in [0.2, 0.25) is 0 Å². The van der Waals surface area contributed by atoms with Crippen LogP contribution in [0.15, 0.2) is 34.1 Å². The van der Waals surface area contributed by atoms with Gasteiger partial charge in [0, 0.05) is 28.5 Å². The molecule has 2 aromatic rings. The molecule has 1 aromatic carbocycles. The molecule has 0 saturated carbocycles. The van der Waals surface area contributed by atoms with E-state index in [1.54, 1.807) is 11.3 Å². The van der Waals surface area contributed by atoms with Crippen molar-refractivity contribution < 1.29 is 0 Å². The van der Waals surface area contributed by atoms with Crippen LogP contribution in [0.25, 0.3) is 11.3 Å². The average Bonchev–Trinajstić information content (AvgIpc) is 2.86. The maximum absolute atomic E-state index is 4.83. The SMILES string of the molecule is CCN1CCCN(Cc2nc(-c3cccc(Br)c3)cs2)CC1. The second kappa shape index (κ2) is 7.68. The van der Waals surface area contributed by atoms with Crippen LogP contribution in [0.5, 0.6) is 0 Å². The molecule has 118 valence electrons. The molecular formula is C17H22BrN3S. The summed E-state index contributed by atoms with van der Waals surface area (Å²) in [6, 6.07) is 8.36. The molecule has 0 bridgehead atoms. The Kier molecular flexibility index (Phi) is 5.63. The van der Waals surface area contributed by atoms with Crippen LogP contribution >= 0.6 is 27.3 Å². The maximum atomic E-state index is 4.83. The molecule has 1 saturated heterocycles. The van der Waals surface area contributed by atoms with Gasteiger partial charge in [-0.05, 0) is 38.2 Å². The molecular weight excluding hydrogens is 358 g/mol. The van der Waals surface area contributed by atoms with Crippen LogP contribution in [-0.2, 0) is 6.54 Å². The lowest BCUT2D eigenvalue weighted by Gasteiger charge is -2.19. The van der Waals surface area contributed by atoms with Crippen LogP contribution in [0.1, 0.15) is 18.4 Å². The third-order valence-corrected chi connectivity index (χ3v) is 5.49. The van der Waals surface area contributed by atoms with E-state index in [2.05, 4.69) is 56.2 Å². The summed E-state index contributed by atoms with van der Waals surface area (Å²) in [6.07, 6.45) is 1.26. The maximum Gasteiger partial charge on any atom is 0.107 e. The zero-order valence-electron chi connectivity index (χ0n) is 13.0. The van der Waals surface area contributed by atoms with Gasteiger partial charge < -0.3 is 4.90 Å². The van der Waals surface area contributed by atoms with E-state index in [0.717, 1.165) is 29.8 Å². The fourth-order valence-corrected chi connectivity index (χ4v) is 4.10. The Morgan fingerprint density at radius 1 is 1.18 bits per heavy atom. The molecule has 0 spiro atoms. The quantitative estimate of drug-likeness (QED) is 0.796. The van der Waals surface area contributed by atoms with Gasteiger partial charge in [0.05, 0.1) is 12.2 Å². The van der Waals surface area contributed by atoms with E-state index < -0.39 is 0 Å². The van der Waals surface area contributed by atoms with Crippen LogP contribution in [0, 0.1) is 0 Å². The van der Waals surface area contributed by atoms with Crippen molar-refractivity contribution in [2.24, 2.45) is 0 Å². The first-order chi connectivity index (χ1) is 10.7. The highest BCUT2D eigenvalue weighted by molar-refractivity contribution is 9.10. The van der Waals surface area contributed by atoms with Gasteiger partial charge >= 0.3 is 0 Å². The minimum Gasteiger partial charge on any atom is -0.302 e. The minimum atomic E-state index is 0.982. The topological polar surface area (TPSA) is 19.4 Å². The predicted molar refractivity (Wildman–Crippen MR) is 97.3 cm³/mol. The summed E-state index contributed by atoms with van der Waals surface area (Å²) in [5, 5.41) is 3.40. The number of hydrogen-bond acceptors (Lipinski definition) is 4. The number of thiazole rings is 1. The number of rotatable bonds is 4. The van der Waals surface area contributed by atoms with E-state index in [9.17, 15) is 0 Å². The van der Waals surface area contributed by atoms with Crippen LogP contribution in [-0.4, -0.2) is 47.5 Å². The minimum absolute atomic E-state index is 0.982. The van der Waals surface area contributed by atoms with Crippen molar-refractivity contribution >= 4 is 27.3 Å². The molecule has 0 N–H and O–H groups in total. The molecule has 1 aliphatic heterocycles. The molecule has 2 heterocycles. The van der Waals surface area contributed by atoms with Gasteiger partial charge in [-0.25, -0.2) is 4.98 Å². The van der Waals surface area contributed by atoms with E-state index in [1.807, 2.05) is 6.07 Å². The van der Waals surface area contributed by atoms with Gasteiger partial charge in [-0.1, -0.05) is 35.0 Å². The lowest BCUT2D eigenvalue weighted by atomic mass is 10.2. The molecule has 22 heavy (non-hydrogen) atoms. The molecule has 1 aliphatic rings. The Balaban J connectivity index is 1.64. The van der Waals surface area contributed by atoms with Gasteiger partial charge in [0.1, 0.15) is 5.01 Å². The summed E-state index contributed by atoms with van der Waals surface area (Å²) in [7, 11) is 0. The van der Waals surface area contributed by atoms with E-state index in [-0.39, 0.29) is 0 Å². The van der Waals surface area contributed by atoms with Crippen molar-refractivity contribution in [3.05, 3.63) is 39.1 Å². The molecule has 3 nitrogen and oxygen atoms in total. The first-order valence-corrected chi connectivity index (χ1v) is 9.57. The van der Waals surface area contributed by atoms with Gasteiger partial charge in [0.15, 0.2) is 0 Å². The second-order valence-corrected chi connectivity index (χ2v) is 7.56. The standard InChI is InChI=1S/C17H22BrN3S/c1-2-20-7-4-8-21(10-9-20)12-17-19-16(13-22-17)14-5-3-6-15(18)11-14/h3,5-6,11,13H,2,4,7-10,12H2,1H3. The van der Waals surface area contributed by atoms with Crippen molar-refractivity contribution in [2.75, 3.05) is 32.7 Å². The third-order valence-electron chi connectivity index (χ3n) is 4.16. The Morgan fingerprint density at radius 2 is 2.00 bits per heavy atom. The van der Waals surface area contributed by atoms with Gasteiger partial charge in [-0.3, -0.25) is 4.90 Å². The molecule has 1 aromatic heterocycles. The number of likely N-dealkylation sites (N-methyl/N-ethyl adjacent to an activating group) is 1. The monoisotopic (exact) mass is 379 g/mol. The van der Waals surface area contributed by atoms with E-state index in [1.165, 1.54) is 36.6 Å². The van der Waals surface area contributed by atoms with Gasteiger partial charge in [-0.15, -0.1) is 11.3 Å². The summed E-state index contributed by atoms with van der Waals surface area (Å²) in [5.41, 5.74) is 2.27. The smallest absolute Gasteiger partial charge is 0.107 e. The second-order valence-electron chi connectivity index (χ2n) is 5.70. The van der Waals surface area contributed by atoms with Crippen molar-refractivity contribution in [1.82, 2.24) is 14.8 Å². The fraction of sp³-hybridized carbons (Fsp3) is 0.471. The first kappa shape index (κ1) is 16.1. The highest BCUT2D eigenvalue weighted by Crippen LogP contribution is 2.25. The predicted octanol–water partition coefficient (Wildman–Crippen LogP) is 4.10. The molecule has 3 rings (SSSR count). The van der Waals surface area contributed by atoms with Crippen LogP contribution < -0.4 is 0 Å². The fourth-order valence-electron chi connectivity index (χ4n) is 2.85. The molecule has 0 radical (unpaired) electrons. The average molecular weight is 380 g/mol.